The van der Waals surface area contributed by atoms with E-state index >= 15 is 0 Å². The van der Waals surface area contributed by atoms with Crippen LogP contribution in [0.4, 0.5) is 0 Å². The molecule has 0 aromatic rings. The molecule has 0 amide bonds. The van der Waals surface area contributed by atoms with E-state index in [0.717, 1.165) is 0 Å². The van der Waals surface area contributed by atoms with Gasteiger partial charge in [0.15, 0.2) is 11.4 Å². The number of aliphatic carboxylic acids is 1. The summed E-state index contributed by atoms with van der Waals surface area (Å²) in [5.41, 5.74) is -1.11. The van der Waals surface area contributed by atoms with Crippen molar-refractivity contribution in [3.8, 4) is 0 Å². The average molecular weight is 254 g/mol. The van der Waals surface area contributed by atoms with Gasteiger partial charge in [-0.2, -0.15) is 0 Å². The Labute approximate surface area is 106 Å². The van der Waals surface area contributed by atoms with Gasteiger partial charge in [0.05, 0.1) is 12.9 Å². The second-order valence-corrected chi connectivity index (χ2v) is 4.12. The standard InChI is InChI=1S/C13H18O5/c1-10(14)13(18-8-4-6-12(15)16)7-3-5-11(9-13)17-2/h3,7,9H,4-6,8H2,1-2H3,(H,15,16). The molecule has 0 aromatic heterocycles. The minimum atomic E-state index is -1.11. The number of carboxylic acid groups (broad SMARTS) is 1. The largest absolute Gasteiger partial charge is 0.501 e. The number of ketones is 1. The molecule has 0 aliphatic heterocycles. The van der Waals surface area contributed by atoms with Gasteiger partial charge in [-0.3, -0.25) is 9.59 Å². The molecule has 0 heterocycles. The topological polar surface area (TPSA) is 72.8 Å². The maximum Gasteiger partial charge on any atom is 0.303 e. The molecule has 1 atom stereocenters. The summed E-state index contributed by atoms with van der Waals surface area (Å²) in [7, 11) is 1.54. The lowest BCUT2D eigenvalue weighted by Crippen LogP contribution is -2.38. The first kappa shape index (κ1) is 14.4. The quantitative estimate of drug-likeness (QED) is 0.553. The third-order valence-electron chi connectivity index (χ3n) is 2.75. The molecule has 0 saturated carbocycles. The SMILES string of the molecule is COC1=CC(OCCCC(=O)O)(C(C)=O)C=CC1. The molecule has 0 aromatic carbocycles. The first-order valence-electron chi connectivity index (χ1n) is 5.80. The van der Waals surface area contributed by atoms with Crippen molar-refractivity contribution in [1.82, 2.24) is 0 Å². The van der Waals surface area contributed by atoms with Crippen LogP contribution in [0.5, 0.6) is 0 Å². The van der Waals surface area contributed by atoms with Crippen LogP contribution < -0.4 is 0 Å². The number of ether oxygens (including phenoxy) is 2. The Balaban J connectivity index is 2.67. The highest BCUT2D eigenvalue weighted by molar-refractivity contribution is 5.90. The van der Waals surface area contributed by atoms with Crippen LogP contribution in [0.3, 0.4) is 0 Å². The second kappa shape index (κ2) is 6.35. The van der Waals surface area contributed by atoms with E-state index in [2.05, 4.69) is 0 Å². The number of hydrogen-bond donors (Lipinski definition) is 1. The Kier molecular flexibility index (Phi) is 5.09. The van der Waals surface area contributed by atoms with E-state index in [9.17, 15) is 9.59 Å². The molecule has 0 radical (unpaired) electrons. The Morgan fingerprint density at radius 1 is 1.50 bits per heavy atom. The van der Waals surface area contributed by atoms with Gasteiger partial charge in [0.2, 0.25) is 0 Å². The van der Waals surface area contributed by atoms with Gasteiger partial charge in [-0.15, -0.1) is 0 Å². The summed E-state index contributed by atoms with van der Waals surface area (Å²) in [6, 6.07) is 0. The number of hydrogen-bond acceptors (Lipinski definition) is 4. The lowest BCUT2D eigenvalue weighted by atomic mass is 9.92. The van der Waals surface area contributed by atoms with Gasteiger partial charge in [-0.05, 0) is 25.5 Å². The number of allylic oxidation sites excluding steroid dienone is 1. The molecule has 1 aliphatic carbocycles. The lowest BCUT2D eigenvalue weighted by molar-refractivity contribution is -0.138. The van der Waals surface area contributed by atoms with Crippen molar-refractivity contribution < 1.29 is 24.2 Å². The minimum absolute atomic E-state index is 0.0263. The zero-order valence-electron chi connectivity index (χ0n) is 10.6. The minimum Gasteiger partial charge on any atom is -0.501 e. The van der Waals surface area contributed by atoms with E-state index in [-0.39, 0.29) is 18.8 Å². The summed E-state index contributed by atoms with van der Waals surface area (Å²) in [4.78, 5) is 22.1. The van der Waals surface area contributed by atoms with Gasteiger partial charge in [0, 0.05) is 19.4 Å². The molecule has 1 unspecified atom stereocenters. The van der Waals surface area contributed by atoms with E-state index in [0.29, 0.717) is 18.6 Å². The predicted octanol–water partition coefficient (Wildman–Crippen LogP) is 1.69. The fourth-order valence-electron chi connectivity index (χ4n) is 1.71. The van der Waals surface area contributed by atoms with Gasteiger partial charge < -0.3 is 14.6 Å². The molecular weight excluding hydrogens is 236 g/mol. The van der Waals surface area contributed by atoms with Crippen LogP contribution >= 0.6 is 0 Å². The van der Waals surface area contributed by atoms with Crippen LogP contribution in [0.2, 0.25) is 0 Å². The first-order chi connectivity index (χ1) is 8.50. The first-order valence-corrected chi connectivity index (χ1v) is 5.80. The number of carboxylic acids is 1. The maximum absolute atomic E-state index is 11.7. The highest BCUT2D eigenvalue weighted by Crippen LogP contribution is 2.26. The van der Waals surface area contributed by atoms with E-state index in [1.807, 2.05) is 6.08 Å². The van der Waals surface area contributed by atoms with Gasteiger partial charge >= 0.3 is 5.97 Å². The summed E-state index contributed by atoms with van der Waals surface area (Å²) in [5, 5.41) is 8.54. The fourth-order valence-corrected chi connectivity index (χ4v) is 1.71. The normalized spacial score (nSPS) is 22.4. The summed E-state index contributed by atoms with van der Waals surface area (Å²) in [6.07, 6.45) is 6.18. The van der Waals surface area contributed by atoms with E-state index in [1.54, 1.807) is 19.3 Å². The third-order valence-corrected chi connectivity index (χ3v) is 2.75. The van der Waals surface area contributed by atoms with E-state index < -0.39 is 11.6 Å². The molecule has 5 heteroatoms. The number of Topliss-reactive ketones (excluding diaryl/α,β-unsaturated/α-hetero) is 1. The molecule has 0 spiro atoms. The molecule has 0 fully saturated rings. The maximum atomic E-state index is 11.7. The smallest absolute Gasteiger partial charge is 0.303 e. The Hall–Kier alpha value is -1.62. The zero-order valence-corrected chi connectivity index (χ0v) is 10.6. The third kappa shape index (κ3) is 3.70. The number of methoxy groups -OCH3 is 1. The molecule has 0 saturated heterocycles. The van der Waals surface area contributed by atoms with Crippen LogP contribution in [0, 0.1) is 0 Å². The van der Waals surface area contributed by atoms with Gasteiger partial charge in [-0.25, -0.2) is 0 Å². The average Bonchev–Trinajstić information content (AvgIpc) is 2.34. The lowest BCUT2D eigenvalue weighted by Gasteiger charge is -2.28. The van der Waals surface area contributed by atoms with Crippen molar-refractivity contribution >= 4 is 11.8 Å². The Morgan fingerprint density at radius 3 is 2.78 bits per heavy atom. The predicted molar refractivity (Wildman–Crippen MR) is 65.1 cm³/mol. The highest BCUT2D eigenvalue weighted by Gasteiger charge is 2.34. The van der Waals surface area contributed by atoms with Crippen molar-refractivity contribution in [2.24, 2.45) is 0 Å². The Morgan fingerprint density at radius 2 is 2.22 bits per heavy atom. The van der Waals surface area contributed by atoms with Gasteiger partial charge in [0.25, 0.3) is 0 Å². The summed E-state index contributed by atoms with van der Waals surface area (Å²) in [5.74, 6) is -0.350. The van der Waals surface area contributed by atoms with E-state index in [1.165, 1.54) is 6.92 Å². The monoisotopic (exact) mass is 254 g/mol. The van der Waals surface area contributed by atoms with Crippen molar-refractivity contribution in [3.63, 3.8) is 0 Å². The molecule has 18 heavy (non-hydrogen) atoms. The summed E-state index contributed by atoms with van der Waals surface area (Å²) < 4.78 is 10.7. The van der Waals surface area contributed by atoms with Gasteiger partial charge in [-0.1, -0.05) is 6.08 Å². The van der Waals surface area contributed by atoms with Crippen molar-refractivity contribution in [2.45, 2.75) is 31.8 Å². The van der Waals surface area contributed by atoms with Crippen molar-refractivity contribution in [2.75, 3.05) is 13.7 Å². The zero-order chi connectivity index (χ0) is 13.6. The van der Waals surface area contributed by atoms with Crippen LogP contribution in [0.15, 0.2) is 24.0 Å². The number of carbonyl (C=O) groups is 2. The molecule has 5 nitrogen and oxygen atoms in total. The molecule has 1 N–H and O–H groups in total. The number of rotatable bonds is 7. The van der Waals surface area contributed by atoms with Crippen molar-refractivity contribution in [3.05, 3.63) is 24.0 Å². The van der Waals surface area contributed by atoms with Crippen LogP contribution in [-0.2, 0) is 19.1 Å². The van der Waals surface area contributed by atoms with Crippen LogP contribution in [0.25, 0.3) is 0 Å². The molecule has 1 rings (SSSR count). The van der Waals surface area contributed by atoms with Crippen LogP contribution in [0.1, 0.15) is 26.2 Å². The molecule has 1 aliphatic rings. The fraction of sp³-hybridized carbons (Fsp3) is 0.538. The van der Waals surface area contributed by atoms with E-state index in [4.69, 9.17) is 14.6 Å². The second-order valence-electron chi connectivity index (χ2n) is 4.12. The molecule has 0 bridgehead atoms. The molecular formula is C13H18O5. The van der Waals surface area contributed by atoms with Crippen molar-refractivity contribution in [1.29, 1.82) is 0 Å². The summed E-state index contributed by atoms with van der Waals surface area (Å²) >= 11 is 0. The highest BCUT2D eigenvalue weighted by atomic mass is 16.5. The summed E-state index contributed by atoms with van der Waals surface area (Å²) in [6.45, 7) is 1.65. The van der Waals surface area contributed by atoms with Gasteiger partial charge in [0.1, 0.15) is 0 Å². The van der Waals surface area contributed by atoms with Crippen LogP contribution in [-0.4, -0.2) is 36.2 Å². The number of carbonyl (C=O) groups excluding carboxylic acids is 1. The molecule has 100 valence electrons. The Bertz CT molecular complexity index is 383.